The van der Waals surface area contributed by atoms with Crippen molar-refractivity contribution < 1.29 is 4.74 Å². The first-order chi connectivity index (χ1) is 10.3. The molecule has 0 fully saturated rings. The Morgan fingerprint density at radius 1 is 1.14 bits per heavy atom. The molecule has 110 valence electrons. The van der Waals surface area contributed by atoms with Crippen molar-refractivity contribution >= 4 is 0 Å². The maximum absolute atomic E-state index is 5.57. The molecule has 2 rings (SSSR count). The fraction of sp³-hybridized carbons (Fsp3) is 0.263. The molecule has 0 heterocycles. The summed E-state index contributed by atoms with van der Waals surface area (Å²) in [5, 5.41) is 3.61. The number of nitrogens with one attached hydrogen (secondary N) is 1. The molecule has 21 heavy (non-hydrogen) atoms. The smallest absolute Gasteiger partial charge is 0.120 e. The van der Waals surface area contributed by atoms with Crippen LogP contribution in [0, 0.1) is 0 Å². The molecule has 1 N–H and O–H groups in total. The monoisotopic (exact) mass is 281 g/mol. The Labute approximate surface area is 127 Å². The fourth-order valence-electron chi connectivity index (χ4n) is 2.32. The summed E-state index contributed by atoms with van der Waals surface area (Å²) in [6.45, 7) is 7.24. The van der Waals surface area contributed by atoms with Crippen LogP contribution < -0.4 is 10.1 Å². The van der Waals surface area contributed by atoms with Crippen molar-refractivity contribution in [2.75, 3.05) is 6.61 Å². The Morgan fingerprint density at radius 2 is 1.95 bits per heavy atom. The van der Waals surface area contributed by atoms with Crippen LogP contribution in [0.5, 0.6) is 5.75 Å². The molecule has 0 bridgehead atoms. The van der Waals surface area contributed by atoms with Gasteiger partial charge in [0.05, 0.1) is 0 Å². The van der Waals surface area contributed by atoms with Gasteiger partial charge >= 0.3 is 0 Å². The van der Waals surface area contributed by atoms with Gasteiger partial charge in [0.2, 0.25) is 0 Å². The average molecular weight is 281 g/mol. The summed E-state index contributed by atoms with van der Waals surface area (Å²) in [5.74, 6) is 0.891. The van der Waals surface area contributed by atoms with Gasteiger partial charge in [-0.05, 0) is 29.7 Å². The van der Waals surface area contributed by atoms with Crippen LogP contribution in [-0.2, 0) is 6.54 Å². The van der Waals surface area contributed by atoms with Gasteiger partial charge < -0.3 is 10.1 Å². The Kier molecular flexibility index (Phi) is 6.04. The molecule has 0 aliphatic carbocycles. The van der Waals surface area contributed by atoms with Crippen molar-refractivity contribution in [3.8, 4) is 5.75 Å². The molecule has 0 radical (unpaired) electrons. The van der Waals surface area contributed by atoms with Crippen LogP contribution in [0.2, 0.25) is 0 Å². The van der Waals surface area contributed by atoms with Crippen LogP contribution >= 0.6 is 0 Å². The lowest BCUT2D eigenvalue weighted by Crippen LogP contribution is -2.20. The lowest BCUT2D eigenvalue weighted by Gasteiger charge is -2.17. The number of ether oxygens (including phenoxy) is 1. The Morgan fingerprint density at radius 3 is 2.67 bits per heavy atom. The SMILES string of the molecule is C=CCOc1cccc(CNC(CC)c2ccccc2)c1. The van der Waals surface area contributed by atoms with E-state index in [0.29, 0.717) is 12.6 Å². The summed E-state index contributed by atoms with van der Waals surface area (Å²) in [4.78, 5) is 0. The highest BCUT2D eigenvalue weighted by molar-refractivity contribution is 5.29. The molecule has 0 aromatic heterocycles. The second kappa shape index (κ2) is 8.28. The van der Waals surface area contributed by atoms with Gasteiger partial charge in [0, 0.05) is 12.6 Å². The molecule has 0 aliphatic rings. The number of hydrogen-bond acceptors (Lipinski definition) is 2. The number of rotatable bonds is 8. The van der Waals surface area contributed by atoms with E-state index in [1.807, 2.05) is 12.1 Å². The zero-order valence-electron chi connectivity index (χ0n) is 12.6. The van der Waals surface area contributed by atoms with E-state index in [1.54, 1.807) is 6.08 Å². The molecular weight excluding hydrogens is 258 g/mol. The summed E-state index contributed by atoms with van der Waals surface area (Å²) in [7, 11) is 0. The van der Waals surface area contributed by atoms with Crippen molar-refractivity contribution in [2.24, 2.45) is 0 Å². The van der Waals surface area contributed by atoms with Crippen molar-refractivity contribution in [3.05, 3.63) is 78.4 Å². The normalized spacial score (nSPS) is 11.9. The first kappa shape index (κ1) is 15.3. The van der Waals surface area contributed by atoms with Crippen molar-refractivity contribution in [1.82, 2.24) is 5.32 Å². The Bertz CT molecular complexity index is 551. The molecule has 2 heteroatoms. The highest BCUT2D eigenvalue weighted by Gasteiger charge is 2.08. The zero-order valence-corrected chi connectivity index (χ0v) is 12.6. The van der Waals surface area contributed by atoms with Gasteiger partial charge in [0.25, 0.3) is 0 Å². The standard InChI is InChI=1S/C19H23NO/c1-3-13-21-18-12-8-9-16(14-18)15-20-19(4-2)17-10-6-5-7-11-17/h3,5-12,14,19-20H,1,4,13,15H2,2H3. The molecule has 0 spiro atoms. The summed E-state index contributed by atoms with van der Waals surface area (Å²) in [6, 6.07) is 19.1. The molecule has 2 aromatic rings. The van der Waals surface area contributed by atoms with Crippen molar-refractivity contribution in [1.29, 1.82) is 0 Å². The van der Waals surface area contributed by atoms with Crippen molar-refractivity contribution in [2.45, 2.75) is 25.9 Å². The van der Waals surface area contributed by atoms with E-state index in [0.717, 1.165) is 18.7 Å². The molecule has 0 amide bonds. The van der Waals surface area contributed by atoms with Crippen LogP contribution in [0.15, 0.2) is 67.3 Å². The molecule has 0 aliphatic heterocycles. The second-order valence-electron chi connectivity index (χ2n) is 5.00. The zero-order chi connectivity index (χ0) is 14.9. The summed E-state index contributed by atoms with van der Waals surface area (Å²) in [6.07, 6.45) is 2.82. The molecule has 2 aromatic carbocycles. The third-order valence-electron chi connectivity index (χ3n) is 3.43. The summed E-state index contributed by atoms with van der Waals surface area (Å²) < 4.78 is 5.57. The lowest BCUT2D eigenvalue weighted by molar-refractivity contribution is 0.362. The minimum atomic E-state index is 0.379. The van der Waals surface area contributed by atoms with Crippen LogP contribution in [0.4, 0.5) is 0 Å². The molecular formula is C19H23NO. The summed E-state index contributed by atoms with van der Waals surface area (Å²) >= 11 is 0. The Balaban J connectivity index is 1.96. The molecule has 2 nitrogen and oxygen atoms in total. The van der Waals surface area contributed by atoms with Gasteiger partial charge in [-0.25, -0.2) is 0 Å². The maximum Gasteiger partial charge on any atom is 0.120 e. The number of hydrogen-bond donors (Lipinski definition) is 1. The summed E-state index contributed by atoms with van der Waals surface area (Å²) in [5.41, 5.74) is 2.56. The molecule has 1 unspecified atom stereocenters. The highest BCUT2D eigenvalue weighted by atomic mass is 16.5. The van der Waals surface area contributed by atoms with Gasteiger partial charge in [0.15, 0.2) is 0 Å². The minimum absolute atomic E-state index is 0.379. The largest absolute Gasteiger partial charge is 0.490 e. The van der Waals surface area contributed by atoms with E-state index < -0.39 is 0 Å². The molecule has 0 saturated heterocycles. The predicted octanol–water partition coefficient (Wildman–Crippen LogP) is 4.49. The topological polar surface area (TPSA) is 21.3 Å². The molecule has 1 atom stereocenters. The second-order valence-corrected chi connectivity index (χ2v) is 5.00. The first-order valence-electron chi connectivity index (χ1n) is 7.44. The maximum atomic E-state index is 5.57. The minimum Gasteiger partial charge on any atom is -0.490 e. The quantitative estimate of drug-likeness (QED) is 0.720. The average Bonchev–Trinajstić information content (AvgIpc) is 2.55. The van der Waals surface area contributed by atoms with Crippen molar-refractivity contribution in [3.63, 3.8) is 0 Å². The molecule has 0 saturated carbocycles. The lowest BCUT2D eigenvalue weighted by atomic mass is 10.0. The number of benzene rings is 2. The van der Waals surface area contributed by atoms with Crippen LogP contribution in [0.3, 0.4) is 0 Å². The Hall–Kier alpha value is -2.06. The van der Waals surface area contributed by atoms with Gasteiger partial charge in [-0.3, -0.25) is 0 Å². The third kappa shape index (κ3) is 4.76. The van der Waals surface area contributed by atoms with Gasteiger partial charge in [0.1, 0.15) is 12.4 Å². The van der Waals surface area contributed by atoms with E-state index in [1.165, 1.54) is 11.1 Å². The first-order valence-corrected chi connectivity index (χ1v) is 7.44. The van der Waals surface area contributed by atoms with Gasteiger partial charge in [-0.15, -0.1) is 0 Å². The van der Waals surface area contributed by atoms with E-state index in [9.17, 15) is 0 Å². The fourth-order valence-corrected chi connectivity index (χ4v) is 2.32. The predicted molar refractivity (Wildman–Crippen MR) is 88.4 cm³/mol. The van der Waals surface area contributed by atoms with E-state index in [4.69, 9.17) is 4.74 Å². The van der Waals surface area contributed by atoms with Crippen LogP contribution in [0.25, 0.3) is 0 Å². The third-order valence-corrected chi connectivity index (χ3v) is 3.43. The van der Waals surface area contributed by atoms with Crippen LogP contribution in [-0.4, -0.2) is 6.61 Å². The van der Waals surface area contributed by atoms with E-state index >= 15 is 0 Å². The van der Waals surface area contributed by atoms with Crippen LogP contribution in [0.1, 0.15) is 30.5 Å². The van der Waals surface area contributed by atoms with E-state index in [2.05, 4.69) is 61.3 Å². The van der Waals surface area contributed by atoms with Gasteiger partial charge in [-0.2, -0.15) is 0 Å². The van der Waals surface area contributed by atoms with E-state index in [-0.39, 0.29) is 0 Å². The van der Waals surface area contributed by atoms with Gasteiger partial charge in [-0.1, -0.05) is 62.0 Å². The highest BCUT2D eigenvalue weighted by Crippen LogP contribution is 2.18.